The van der Waals surface area contributed by atoms with Crippen LogP contribution in [-0.4, -0.2) is 10.5 Å². The third-order valence-corrected chi connectivity index (χ3v) is 2.21. The Morgan fingerprint density at radius 3 is 2.18 bits per heavy atom. The van der Waals surface area contributed by atoms with E-state index in [1.165, 1.54) is 0 Å². The molecule has 3 nitrogen and oxygen atoms in total. The van der Waals surface area contributed by atoms with E-state index in [9.17, 15) is 9.12 Å². The Labute approximate surface area is 66.9 Å². The molecule has 0 N–H and O–H groups in total. The van der Waals surface area contributed by atoms with Crippen molar-refractivity contribution in [3.8, 4) is 0 Å². The van der Waals surface area contributed by atoms with Crippen LogP contribution in [0.4, 0.5) is 5.69 Å². The first-order valence-electron chi connectivity index (χ1n) is 3.01. The molecule has 0 aliphatic heterocycles. The SMILES string of the molecule is CS(=O)c1ccc(N=O)cc1. The molecule has 0 aliphatic carbocycles. The fourth-order valence-electron chi connectivity index (χ4n) is 0.699. The Bertz CT molecular complexity index is 281. The highest BCUT2D eigenvalue weighted by atomic mass is 32.2. The molecule has 1 atom stereocenters. The van der Waals surface area contributed by atoms with Gasteiger partial charge in [0.05, 0.1) is 0 Å². The molecule has 1 aromatic carbocycles. The summed E-state index contributed by atoms with van der Waals surface area (Å²) in [5.41, 5.74) is 0.360. The van der Waals surface area contributed by atoms with E-state index in [1.807, 2.05) is 0 Å². The van der Waals surface area contributed by atoms with Crippen LogP contribution in [0.2, 0.25) is 0 Å². The van der Waals surface area contributed by atoms with Crippen LogP contribution < -0.4 is 0 Å². The molecule has 1 aromatic rings. The summed E-state index contributed by atoms with van der Waals surface area (Å²) in [6, 6.07) is 6.35. The maximum absolute atomic E-state index is 10.8. The summed E-state index contributed by atoms with van der Waals surface area (Å²) in [5, 5.41) is 2.72. The van der Waals surface area contributed by atoms with Gasteiger partial charge in [-0.05, 0) is 29.4 Å². The molecule has 0 saturated heterocycles. The van der Waals surface area contributed by atoms with Crippen LogP contribution in [0.1, 0.15) is 0 Å². The van der Waals surface area contributed by atoms with Crippen LogP contribution >= 0.6 is 0 Å². The van der Waals surface area contributed by atoms with Gasteiger partial charge in [-0.1, -0.05) is 0 Å². The Morgan fingerprint density at radius 2 is 1.82 bits per heavy atom. The molecule has 58 valence electrons. The summed E-state index contributed by atoms with van der Waals surface area (Å²) in [4.78, 5) is 10.7. The van der Waals surface area contributed by atoms with Crippen molar-refractivity contribution in [3.05, 3.63) is 29.2 Å². The third-order valence-electron chi connectivity index (χ3n) is 1.27. The van der Waals surface area contributed by atoms with Crippen molar-refractivity contribution in [2.45, 2.75) is 4.90 Å². The average Bonchev–Trinajstić information content (AvgIpc) is 2.05. The molecule has 0 saturated carbocycles. The zero-order valence-electron chi connectivity index (χ0n) is 5.98. The van der Waals surface area contributed by atoms with Gasteiger partial charge in [0.25, 0.3) is 0 Å². The second-order valence-electron chi connectivity index (χ2n) is 2.04. The van der Waals surface area contributed by atoms with Gasteiger partial charge in [0.1, 0.15) is 5.69 Å². The van der Waals surface area contributed by atoms with Crippen molar-refractivity contribution < 1.29 is 4.21 Å². The van der Waals surface area contributed by atoms with E-state index in [1.54, 1.807) is 30.5 Å². The minimum absolute atomic E-state index is 0.360. The standard InChI is InChI=1S/C7H7NO2S/c1-11(10)7-4-2-6(8-9)3-5-7/h2-5H,1H3. The van der Waals surface area contributed by atoms with Crippen LogP contribution in [0.15, 0.2) is 34.3 Å². The summed E-state index contributed by atoms with van der Waals surface area (Å²) in [6.45, 7) is 0. The lowest BCUT2D eigenvalue weighted by Gasteiger charge is -1.93. The van der Waals surface area contributed by atoms with Gasteiger partial charge in [-0.25, -0.2) is 0 Å². The summed E-state index contributed by atoms with van der Waals surface area (Å²) < 4.78 is 10.8. The molecular weight excluding hydrogens is 162 g/mol. The zero-order chi connectivity index (χ0) is 8.27. The molecule has 0 spiro atoms. The summed E-state index contributed by atoms with van der Waals surface area (Å²) in [7, 11) is -0.983. The van der Waals surface area contributed by atoms with E-state index in [2.05, 4.69) is 5.18 Å². The van der Waals surface area contributed by atoms with Crippen LogP contribution in [0.5, 0.6) is 0 Å². The predicted molar refractivity (Wildman–Crippen MR) is 44.2 cm³/mol. The quantitative estimate of drug-likeness (QED) is 0.634. The van der Waals surface area contributed by atoms with E-state index >= 15 is 0 Å². The van der Waals surface area contributed by atoms with Crippen molar-refractivity contribution in [2.75, 3.05) is 6.26 Å². The van der Waals surface area contributed by atoms with Crippen LogP contribution in [0.3, 0.4) is 0 Å². The second-order valence-corrected chi connectivity index (χ2v) is 3.42. The van der Waals surface area contributed by atoms with Gasteiger partial charge in [0.2, 0.25) is 0 Å². The normalized spacial score (nSPS) is 12.5. The van der Waals surface area contributed by atoms with Gasteiger partial charge in [0, 0.05) is 22.0 Å². The lowest BCUT2D eigenvalue weighted by atomic mass is 10.3. The molecule has 0 bridgehead atoms. The first kappa shape index (κ1) is 8.07. The smallest absolute Gasteiger partial charge is 0.108 e. The lowest BCUT2D eigenvalue weighted by Crippen LogP contribution is -1.84. The number of hydrogen-bond donors (Lipinski definition) is 0. The van der Waals surface area contributed by atoms with Crippen LogP contribution in [-0.2, 0) is 10.8 Å². The first-order valence-corrected chi connectivity index (χ1v) is 4.56. The number of benzene rings is 1. The van der Waals surface area contributed by atoms with Crippen LogP contribution in [0, 0.1) is 4.91 Å². The van der Waals surface area contributed by atoms with Crippen molar-refractivity contribution in [3.63, 3.8) is 0 Å². The molecule has 0 aliphatic rings. The first-order chi connectivity index (χ1) is 5.24. The maximum Gasteiger partial charge on any atom is 0.108 e. The second kappa shape index (κ2) is 3.39. The number of rotatable bonds is 2. The monoisotopic (exact) mass is 169 g/mol. The molecule has 11 heavy (non-hydrogen) atoms. The largest absolute Gasteiger partial charge is 0.255 e. The van der Waals surface area contributed by atoms with Gasteiger partial charge in [-0.15, -0.1) is 4.91 Å². The highest BCUT2D eigenvalue weighted by Gasteiger charge is 1.96. The summed E-state index contributed by atoms with van der Waals surface area (Å²) in [6.07, 6.45) is 1.59. The molecular formula is C7H7NO2S. The number of hydrogen-bond acceptors (Lipinski definition) is 3. The highest BCUT2D eigenvalue weighted by Crippen LogP contribution is 2.13. The molecule has 0 amide bonds. The molecule has 1 rings (SSSR count). The van der Waals surface area contributed by atoms with E-state index in [0.29, 0.717) is 10.6 Å². The third kappa shape index (κ3) is 1.94. The molecule has 0 heterocycles. The molecule has 0 radical (unpaired) electrons. The van der Waals surface area contributed by atoms with E-state index in [0.717, 1.165) is 0 Å². The fourth-order valence-corrected chi connectivity index (χ4v) is 1.22. The summed E-state index contributed by atoms with van der Waals surface area (Å²) >= 11 is 0. The van der Waals surface area contributed by atoms with Gasteiger partial charge in [0.15, 0.2) is 0 Å². The van der Waals surface area contributed by atoms with Gasteiger partial charge >= 0.3 is 0 Å². The van der Waals surface area contributed by atoms with Gasteiger partial charge in [-0.3, -0.25) is 4.21 Å². The average molecular weight is 169 g/mol. The molecule has 4 heteroatoms. The topological polar surface area (TPSA) is 46.5 Å². The number of nitrogens with zero attached hydrogens (tertiary/aromatic N) is 1. The van der Waals surface area contributed by atoms with Crippen molar-refractivity contribution in [1.82, 2.24) is 0 Å². The summed E-state index contributed by atoms with van der Waals surface area (Å²) in [5.74, 6) is 0. The molecule has 0 aromatic heterocycles. The maximum atomic E-state index is 10.8. The Kier molecular flexibility index (Phi) is 2.48. The predicted octanol–water partition coefficient (Wildman–Crippen LogP) is 1.82. The molecule has 0 fully saturated rings. The van der Waals surface area contributed by atoms with Crippen LogP contribution in [0.25, 0.3) is 0 Å². The Balaban J connectivity index is 3.00. The zero-order valence-corrected chi connectivity index (χ0v) is 6.80. The Morgan fingerprint density at radius 1 is 1.27 bits per heavy atom. The van der Waals surface area contributed by atoms with E-state index in [-0.39, 0.29) is 0 Å². The van der Waals surface area contributed by atoms with Crippen molar-refractivity contribution in [1.29, 1.82) is 0 Å². The number of nitroso groups, excluding NO2 is 1. The molecule has 1 unspecified atom stereocenters. The van der Waals surface area contributed by atoms with Gasteiger partial charge < -0.3 is 0 Å². The van der Waals surface area contributed by atoms with Crippen molar-refractivity contribution in [2.24, 2.45) is 5.18 Å². The Hall–Kier alpha value is -1.03. The fraction of sp³-hybridized carbons (Fsp3) is 0.143. The van der Waals surface area contributed by atoms with Gasteiger partial charge in [-0.2, -0.15) is 0 Å². The lowest BCUT2D eigenvalue weighted by molar-refractivity contribution is 0.687. The van der Waals surface area contributed by atoms with E-state index in [4.69, 9.17) is 0 Å². The minimum atomic E-state index is -0.983. The highest BCUT2D eigenvalue weighted by molar-refractivity contribution is 7.84. The minimum Gasteiger partial charge on any atom is -0.255 e. The van der Waals surface area contributed by atoms with Crippen molar-refractivity contribution >= 4 is 16.5 Å². The van der Waals surface area contributed by atoms with E-state index < -0.39 is 10.8 Å².